The lowest BCUT2D eigenvalue weighted by Gasteiger charge is -2.36. The Morgan fingerprint density at radius 1 is 1.67 bits per heavy atom. The van der Waals surface area contributed by atoms with E-state index >= 15 is 0 Å². The average Bonchev–Trinajstić information content (AvgIpc) is 2.19. The zero-order valence-corrected chi connectivity index (χ0v) is 9.92. The first-order chi connectivity index (χ1) is 7.09. The lowest BCUT2D eigenvalue weighted by molar-refractivity contribution is -0.0126. The third kappa shape index (κ3) is 3.85. The highest BCUT2D eigenvalue weighted by Gasteiger charge is 2.32. The van der Waals surface area contributed by atoms with Crippen LogP contribution in [0.3, 0.4) is 0 Å². The highest BCUT2D eigenvalue weighted by atomic mass is 16.3. The zero-order valence-electron chi connectivity index (χ0n) is 9.92. The van der Waals surface area contributed by atoms with Crippen LogP contribution < -0.4 is 5.32 Å². The van der Waals surface area contributed by atoms with Gasteiger partial charge in [0.15, 0.2) is 0 Å². The molecule has 15 heavy (non-hydrogen) atoms. The molecule has 86 valence electrons. The topological polar surface area (TPSA) is 32.3 Å². The van der Waals surface area contributed by atoms with Crippen LogP contribution in [0.1, 0.15) is 46.0 Å². The van der Waals surface area contributed by atoms with Gasteiger partial charge in [-0.15, -0.1) is 6.42 Å². The Morgan fingerprint density at radius 2 is 2.40 bits per heavy atom. The van der Waals surface area contributed by atoms with Crippen molar-refractivity contribution in [2.75, 3.05) is 6.54 Å². The molecule has 3 atom stereocenters. The predicted octanol–water partition coefficient (Wildman–Crippen LogP) is 1.93. The van der Waals surface area contributed by atoms with E-state index < -0.39 is 5.60 Å². The van der Waals surface area contributed by atoms with Crippen LogP contribution in [0.4, 0.5) is 0 Å². The van der Waals surface area contributed by atoms with Crippen LogP contribution >= 0.6 is 0 Å². The van der Waals surface area contributed by atoms with Crippen molar-refractivity contribution in [2.45, 2.75) is 57.6 Å². The van der Waals surface area contributed by atoms with E-state index in [0.717, 1.165) is 25.7 Å². The third-order valence-corrected chi connectivity index (χ3v) is 3.35. The molecule has 0 radical (unpaired) electrons. The Labute approximate surface area is 93.5 Å². The Bertz CT molecular complexity index is 233. The first kappa shape index (κ1) is 12.5. The van der Waals surface area contributed by atoms with Gasteiger partial charge in [0.2, 0.25) is 0 Å². The van der Waals surface area contributed by atoms with Crippen LogP contribution in [0, 0.1) is 18.3 Å². The van der Waals surface area contributed by atoms with E-state index in [0.29, 0.717) is 12.5 Å². The molecule has 0 bridgehead atoms. The summed E-state index contributed by atoms with van der Waals surface area (Å²) in [6.45, 7) is 4.91. The van der Waals surface area contributed by atoms with Gasteiger partial charge in [0.05, 0.1) is 11.6 Å². The predicted molar refractivity (Wildman–Crippen MR) is 63.5 cm³/mol. The number of terminal acetylenes is 1. The van der Waals surface area contributed by atoms with Gasteiger partial charge in [-0.1, -0.05) is 32.6 Å². The van der Waals surface area contributed by atoms with Gasteiger partial charge in [-0.05, 0) is 25.2 Å². The van der Waals surface area contributed by atoms with Gasteiger partial charge < -0.3 is 10.4 Å². The standard InChI is InChI=1S/C13H23NO/c1-4-12(5-2)14-10-13(15)8-6-7-11(3)9-13/h1,11-12,14-15H,5-10H2,2-3H3. The first-order valence-electron chi connectivity index (χ1n) is 6.01. The number of rotatable bonds is 4. The summed E-state index contributed by atoms with van der Waals surface area (Å²) in [7, 11) is 0. The Kier molecular flexibility index (Phi) is 4.63. The zero-order chi connectivity index (χ0) is 11.3. The Balaban J connectivity index is 2.39. The highest BCUT2D eigenvalue weighted by molar-refractivity contribution is 4.99. The summed E-state index contributed by atoms with van der Waals surface area (Å²) in [5, 5.41) is 13.6. The molecule has 0 amide bonds. The lowest BCUT2D eigenvalue weighted by Crippen LogP contribution is -2.46. The molecule has 0 saturated heterocycles. The molecule has 3 unspecified atom stereocenters. The van der Waals surface area contributed by atoms with E-state index in [2.05, 4.69) is 25.1 Å². The number of hydrogen-bond acceptors (Lipinski definition) is 2. The molecule has 1 rings (SSSR count). The van der Waals surface area contributed by atoms with Crippen molar-refractivity contribution in [1.29, 1.82) is 0 Å². The molecule has 0 aromatic rings. The fraction of sp³-hybridized carbons (Fsp3) is 0.846. The van der Waals surface area contributed by atoms with E-state index in [-0.39, 0.29) is 6.04 Å². The quantitative estimate of drug-likeness (QED) is 0.693. The van der Waals surface area contributed by atoms with Gasteiger partial charge in [0.1, 0.15) is 0 Å². The highest BCUT2D eigenvalue weighted by Crippen LogP contribution is 2.31. The van der Waals surface area contributed by atoms with E-state index in [1.54, 1.807) is 0 Å². The molecule has 0 aromatic heterocycles. The van der Waals surface area contributed by atoms with Gasteiger partial charge >= 0.3 is 0 Å². The molecule has 1 aliphatic carbocycles. The summed E-state index contributed by atoms with van der Waals surface area (Å²) in [6, 6.07) is 0.103. The Hall–Kier alpha value is -0.520. The number of aliphatic hydroxyl groups is 1. The molecule has 1 aliphatic rings. The van der Waals surface area contributed by atoms with E-state index in [1.807, 2.05) is 0 Å². The summed E-state index contributed by atoms with van der Waals surface area (Å²) in [6.07, 6.45) is 10.5. The van der Waals surface area contributed by atoms with Gasteiger partial charge in [0, 0.05) is 6.54 Å². The fourth-order valence-corrected chi connectivity index (χ4v) is 2.43. The second-order valence-electron chi connectivity index (χ2n) is 4.93. The van der Waals surface area contributed by atoms with Crippen molar-refractivity contribution >= 4 is 0 Å². The van der Waals surface area contributed by atoms with Crippen molar-refractivity contribution in [3.05, 3.63) is 0 Å². The number of nitrogens with one attached hydrogen (secondary N) is 1. The molecule has 2 nitrogen and oxygen atoms in total. The monoisotopic (exact) mass is 209 g/mol. The van der Waals surface area contributed by atoms with Crippen molar-refractivity contribution in [3.8, 4) is 12.3 Å². The maximum atomic E-state index is 10.4. The summed E-state index contributed by atoms with van der Waals surface area (Å²) < 4.78 is 0. The summed E-state index contributed by atoms with van der Waals surface area (Å²) >= 11 is 0. The van der Waals surface area contributed by atoms with Gasteiger partial charge in [-0.25, -0.2) is 0 Å². The molecule has 1 saturated carbocycles. The molecule has 1 fully saturated rings. The van der Waals surface area contributed by atoms with Gasteiger partial charge in [-0.3, -0.25) is 0 Å². The fourth-order valence-electron chi connectivity index (χ4n) is 2.43. The summed E-state index contributed by atoms with van der Waals surface area (Å²) in [5.41, 5.74) is -0.526. The summed E-state index contributed by atoms with van der Waals surface area (Å²) in [4.78, 5) is 0. The SMILES string of the molecule is C#CC(CC)NCC1(O)CCCC(C)C1. The molecule has 0 aliphatic heterocycles. The van der Waals surface area contributed by atoms with E-state index in [1.165, 1.54) is 6.42 Å². The maximum absolute atomic E-state index is 10.4. The molecule has 2 N–H and O–H groups in total. The van der Waals surface area contributed by atoms with E-state index in [9.17, 15) is 5.11 Å². The van der Waals surface area contributed by atoms with Crippen LogP contribution in [-0.4, -0.2) is 23.3 Å². The maximum Gasteiger partial charge on any atom is 0.0774 e. The molecule has 0 heterocycles. The van der Waals surface area contributed by atoms with Gasteiger partial charge in [-0.2, -0.15) is 0 Å². The normalized spacial score (nSPS) is 33.3. The molecular weight excluding hydrogens is 186 g/mol. The van der Waals surface area contributed by atoms with Crippen LogP contribution in [0.2, 0.25) is 0 Å². The van der Waals surface area contributed by atoms with Gasteiger partial charge in [0.25, 0.3) is 0 Å². The van der Waals surface area contributed by atoms with Crippen molar-refractivity contribution in [3.63, 3.8) is 0 Å². The molecule has 0 spiro atoms. The average molecular weight is 209 g/mol. The Morgan fingerprint density at radius 3 is 2.93 bits per heavy atom. The summed E-state index contributed by atoms with van der Waals surface area (Å²) in [5.74, 6) is 3.33. The molecular formula is C13H23NO. The van der Waals surface area contributed by atoms with Crippen LogP contribution in [-0.2, 0) is 0 Å². The smallest absolute Gasteiger partial charge is 0.0774 e. The minimum atomic E-state index is -0.526. The third-order valence-electron chi connectivity index (χ3n) is 3.35. The lowest BCUT2D eigenvalue weighted by atomic mass is 9.79. The van der Waals surface area contributed by atoms with Crippen molar-refractivity contribution < 1.29 is 5.11 Å². The first-order valence-corrected chi connectivity index (χ1v) is 6.01. The number of hydrogen-bond donors (Lipinski definition) is 2. The van der Waals surface area contributed by atoms with Crippen molar-refractivity contribution in [2.24, 2.45) is 5.92 Å². The van der Waals surface area contributed by atoms with E-state index in [4.69, 9.17) is 6.42 Å². The van der Waals surface area contributed by atoms with Crippen LogP contribution in [0.25, 0.3) is 0 Å². The molecule has 2 heteroatoms. The van der Waals surface area contributed by atoms with Crippen LogP contribution in [0.5, 0.6) is 0 Å². The second kappa shape index (κ2) is 5.53. The second-order valence-corrected chi connectivity index (χ2v) is 4.93. The largest absolute Gasteiger partial charge is 0.389 e. The van der Waals surface area contributed by atoms with Crippen molar-refractivity contribution in [1.82, 2.24) is 5.32 Å². The van der Waals surface area contributed by atoms with Crippen LogP contribution in [0.15, 0.2) is 0 Å². The minimum absolute atomic E-state index is 0.103. The molecule has 0 aromatic carbocycles. The minimum Gasteiger partial charge on any atom is -0.389 e.